The van der Waals surface area contributed by atoms with Crippen LogP contribution < -0.4 is 20.1 Å². The van der Waals surface area contributed by atoms with Gasteiger partial charge in [-0.1, -0.05) is 24.3 Å². The summed E-state index contributed by atoms with van der Waals surface area (Å²) in [6.45, 7) is 4.10. The lowest BCUT2D eigenvalue weighted by Crippen LogP contribution is -2.34. The molecular weight excluding hydrogens is 408 g/mol. The average Bonchev–Trinajstić information content (AvgIpc) is 3.31. The molecular formula is C25H26N2O5. The molecule has 0 aliphatic rings. The van der Waals surface area contributed by atoms with Gasteiger partial charge in [-0.05, 0) is 55.8 Å². The Morgan fingerprint density at radius 3 is 2.47 bits per heavy atom. The maximum Gasteiger partial charge on any atom is 0.268 e. The Morgan fingerprint density at radius 2 is 1.81 bits per heavy atom. The molecule has 3 rings (SSSR count). The van der Waals surface area contributed by atoms with Gasteiger partial charge in [0.15, 0.2) is 11.5 Å². The van der Waals surface area contributed by atoms with Gasteiger partial charge in [-0.2, -0.15) is 0 Å². The summed E-state index contributed by atoms with van der Waals surface area (Å²) in [5.74, 6) is 0.809. The summed E-state index contributed by atoms with van der Waals surface area (Å²) in [7, 11) is 1.56. The van der Waals surface area contributed by atoms with Crippen LogP contribution in [-0.2, 0) is 11.3 Å². The van der Waals surface area contributed by atoms with Crippen LogP contribution in [-0.4, -0.2) is 25.0 Å². The van der Waals surface area contributed by atoms with Crippen LogP contribution in [0.4, 0.5) is 0 Å². The largest absolute Gasteiger partial charge is 0.493 e. The minimum Gasteiger partial charge on any atom is -0.493 e. The van der Waals surface area contributed by atoms with E-state index in [0.717, 1.165) is 5.56 Å². The molecule has 166 valence electrons. The lowest BCUT2D eigenvalue weighted by molar-refractivity contribution is -0.117. The van der Waals surface area contributed by atoms with E-state index in [1.165, 1.54) is 12.3 Å². The predicted molar refractivity (Wildman–Crippen MR) is 121 cm³/mol. The summed E-state index contributed by atoms with van der Waals surface area (Å²) in [5, 5.41) is 5.49. The highest BCUT2D eigenvalue weighted by atomic mass is 16.5. The van der Waals surface area contributed by atoms with Crippen LogP contribution in [0.3, 0.4) is 0 Å². The van der Waals surface area contributed by atoms with Gasteiger partial charge in [0.1, 0.15) is 11.5 Å². The van der Waals surface area contributed by atoms with E-state index < -0.39 is 11.8 Å². The lowest BCUT2D eigenvalue weighted by atomic mass is 10.2. The fourth-order valence-electron chi connectivity index (χ4n) is 2.91. The Bertz CT molecular complexity index is 1070. The molecule has 0 bridgehead atoms. The van der Waals surface area contributed by atoms with Gasteiger partial charge in [-0.15, -0.1) is 0 Å². The normalized spacial score (nSPS) is 11.2. The average molecular weight is 434 g/mol. The number of hydrogen-bond acceptors (Lipinski definition) is 5. The summed E-state index contributed by atoms with van der Waals surface area (Å²) >= 11 is 0. The van der Waals surface area contributed by atoms with Crippen LogP contribution in [0.2, 0.25) is 0 Å². The van der Waals surface area contributed by atoms with Crippen molar-refractivity contribution in [3.05, 3.63) is 89.5 Å². The van der Waals surface area contributed by atoms with E-state index in [2.05, 4.69) is 10.6 Å². The van der Waals surface area contributed by atoms with Crippen LogP contribution in [0.5, 0.6) is 11.5 Å². The second-order valence-electron chi connectivity index (χ2n) is 7.23. The van der Waals surface area contributed by atoms with Crippen LogP contribution >= 0.6 is 0 Å². The van der Waals surface area contributed by atoms with E-state index in [9.17, 15) is 9.59 Å². The molecule has 2 N–H and O–H groups in total. The zero-order chi connectivity index (χ0) is 22.9. The highest BCUT2D eigenvalue weighted by Gasteiger charge is 2.16. The van der Waals surface area contributed by atoms with Crippen molar-refractivity contribution in [2.75, 3.05) is 7.11 Å². The minimum absolute atomic E-state index is 0.0111. The Balaban J connectivity index is 1.73. The molecule has 0 spiro atoms. The Labute approximate surface area is 187 Å². The minimum atomic E-state index is -0.452. The summed E-state index contributed by atoms with van der Waals surface area (Å²) in [6, 6.07) is 17.5. The first-order valence-corrected chi connectivity index (χ1v) is 10.2. The van der Waals surface area contributed by atoms with Crippen molar-refractivity contribution in [1.82, 2.24) is 10.6 Å². The Morgan fingerprint density at radius 1 is 1.03 bits per heavy atom. The van der Waals surface area contributed by atoms with Crippen molar-refractivity contribution >= 4 is 17.9 Å². The predicted octanol–water partition coefficient (Wildman–Crippen LogP) is 4.16. The SMILES string of the molecule is COc1cc(CNC(=O)/C(=C/c2ccco2)NC(=O)c2ccccc2)ccc1OC(C)C. The van der Waals surface area contributed by atoms with Crippen LogP contribution in [0, 0.1) is 0 Å². The number of amides is 2. The first-order chi connectivity index (χ1) is 15.5. The molecule has 2 aromatic carbocycles. The van der Waals surface area contributed by atoms with Gasteiger partial charge in [0, 0.05) is 18.2 Å². The molecule has 0 saturated carbocycles. The fraction of sp³-hybridized carbons (Fsp3) is 0.200. The van der Waals surface area contributed by atoms with Crippen molar-refractivity contribution in [3.8, 4) is 11.5 Å². The molecule has 0 fully saturated rings. The van der Waals surface area contributed by atoms with E-state index in [1.807, 2.05) is 26.0 Å². The number of carbonyl (C=O) groups excluding carboxylic acids is 2. The summed E-state index contributed by atoms with van der Waals surface area (Å²) < 4.78 is 16.4. The Hall–Kier alpha value is -4.00. The van der Waals surface area contributed by atoms with Crippen LogP contribution in [0.1, 0.15) is 35.5 Å². The zero-order valence-electron chi connectivity index (χ0n) is 18.3. The number of furan rings is 1. The lowest BCUT2D eigenvalue weighted by Gasteiger charge is -2.15. The number of methoxy groups -OCH3 is 1. The van der Waals surface area contributed by atoms with Crippen LogP contribution in [0.25, 0.3) is 6.08 Å². The second kappa shape index (κ2) is 10.9. The van der Waals surface area contributed by atoms with E-state index in [-0.39, 0.29) is 18.3 Å². The molecule has 1 heterocycles. The quantitative estimate of drug-likeness (QED) is 0.494. The number of rotatable bonds is 9. The van der Waals surface area contributed by atoms with Gasteiger partial charge in [0.25, 0.3) is 11.8 Å². The summed E-state index contributed by atoms with van der Waals surface area (Å²) in [4.78, 5) is 25.5. The van der Waals surface area contributed by atoms with Crippen molar-refractivity contribution in [2.24, 2.45) is 0 Å². The first kappa shape index (κ1) is 22.7. The number of hydrogen-bond donors (Lipinski definition) is 2. The fourth-order valence-corrected chi connectivity index (χ4v) is 2.91. The topological polar surface area (TPSA) is 89.8 Å². The molecule has 7 nitrogen and oxygen atoms in total. The third-order valence-corrected chi connectivity index (χ3v) is 4.40. The summed E-state index contributed by atoms with van der Waals surface area (Å²) in [6.07, 6.45) is 2.99. The molecule has 2 amide bonds. The zero-order valence-corrected chi connectivity index (χ0v) is 18.3. The smallest absolute Gasteiger partial charge is 0.268 e. The molecule has 0 radical (unpaired) electrons. The number of benzene rings is 2. The summed E-state index contributed by atoms with van der Waals surface area (Å²) in [5.41, 5.74) is 1.33. The number of nitrogens with one attached hydrogen (secondary N) is 2. The van der Waals surface area contributed by atoms with E-state index in [1.54, 1.807) is 55.6 Å². The third-order valence-electron chi connectivity index (χ3n) is 4.40. The first-order valence-electron chi connectivity index (χ1n) is 10.2. The van der Waals surface area contributed by atoms with E-state index >= 15 is 0 Å². The third kappa shape index (κ3) is 6.25. The maximum absolute atomic E-state index is 12.9. The van der Waals surface area contributed by atoms with Gasteiger partial charge in [-0.25, -0.2) is 0 Å². The highest BCUT2D eigenvalue weighted by molar-refractivity contribution is 6.05. The molecule has 0 aliphatic heterocycles. The van der Waals surface area contributed by atoms with Gasteiger partial charge < -0.3 is 24.5 Å². The molecule has 0 unspecified atom stereocenters. The monoisotopic (exact) mass is 434 g/mol. The molecule has 32 heavy (non-hydrogen) atoms. The number of carbonyl (C=O) groups is 2. The van der Waals surface area contributed by atoms with Gasteiger partial charge in [-0.3, -0.25) is 9.59 Å². The van der Waals surface area contributed by atoms with Gasteiger partial charge in [0.05, 0.1) is 19.5 Å². The molecule has 0 atom stereocenters. The van der Waals surface area contributed by atoms with Crippen molar-refractivity contribution in [1.29, 1.82) is 0 Å². The van der Waals surface area contributed by atoms with E-state index in [0.29, 0.717) is 22.8 Å². The Kier molecular flexibility index (Phi) is 7.70. The molecule has 3 aromatic rings. The van der Waals surface area contributed by atoms with Gasteiger partial charge >= 0.3 is 0 Å². The number of ether oxygens (including phenoxy) is 2. The van der Waals surface area contributed by atoms with Crippen molar-refractivity contribution in [3.63, 3.8) is 0 Å². The standard InChI is InChI=1S/C25H26N2O5/c1-17(2)32-22-12-11-18(14-23(22)30-3)16-26-25(29)21(15-20-10-7-13-31-20)27-24(28)19-8-5-4-6-9-19/h4-15,17H,16H2,1-3H3,(H,26,29)(H,27,28)/b21-15-. The highest BCUT2D eigenvalue weighted by Crippen LogP contribution is 2.29. The molecule has 7 heteroatoms. The maximum atomic E-state index is 12.9. The molecule has 1 aromatic heterocycles. The van der Waals surface area contributed by atoms with Gasteiger partial charge in [0.2, 0.25) is 0 Å². The van der Waals surface area contributed by atoms with Crippen molar-refractivity contribution in [2.45, 2.75) is 26.5 Å². The molecule has 0 saturated heterocycles. The van der Waals surface area contributed by atoms with Crippen LogP contribution in [0.15, 0.2) is 77.0 Å². The van der Waals surface area contributed by atoms with Crippen molar-refractivity contribution < 1.29 is 23.5 Å². The molecule has 0 aliphatic carbocycles. The second-order valence-corrected chi connectivity index (χ2v) is 7.23. The van der Waals surface area contributed by atoms with E-state index in [4.69, 9.17) is 13.9 Å².